The lowest BCUT2D eigenvalue weighted by atomic mass is 9.97. The third-order valence-corrected chi connectivity index (χ3v) is 5.64. The molecule has 0 bridgehead atoms. The minimum absolute atomic E-state index is 0.0392. The highest BCUT2D eigenvalue weighted by atomic mass is 32.2. The minimum Gasteiger partial charge on any atom is -0.362 e. The number of nitrogens with one attached hydrogen (secondary N) is 1. The Labute approximate surface area is 89.1 Å². The van der Waals surface area contributed by atoms with Gasteiger partial charge in [0.05, 0.1) is 11.0 Å². The quantitative estimate of drug-likeness (QED) is 0.660. The van der Waals surface area contributed by atoms with Crippen LogP contribution < -0.4 is 5.32 Å². The van der Waals surface area contributed by atoms with E-state index in [2.05, 4.69) is 5.32 Å². The molecule has 2 fully saturated rings. The second kappa shape index (κ2) is 3.45. The summed E-state index contributed by atoms with van der Waals surface area (Å²) in [6.07, 6.45) is 1.33. The van der Waals surface area contributed by atoms with Gasteiger partial charge in [-0.05, 0) is 19.8 Å². The molecule has 0 aromatic rings. The molecule has 2 heterocycles. The molecule has 2 aliphatic heterocycles. The average Bonchev–Trinajstić information content (AvgIpc) is 2.52. The van der Waals surface area contributed by atoms with Crippen LogP contribution in [-0.2, 0) is 19.4 Å². The summed E-state index contributed by atoms with van der Waals surface area (Å²) in [4.78, 5) is 10.9. The molecule has 0 spiro atoms. The number of hydrogen-bond acceptors (Lipinski definition) is 4. The van der Waals surface area contributed by atoms with E-state index in [9.17, 15) is 13.2 Å². The molecule has 15 heavy (non-hydrogen) atoms. The van der Waals surface area contributed by atoms with Crippen molar-refractivity contribution in [3.8, 4) is 0 Å². The Hall–Kier alpha value is -0.620. The highest BCUT2D eigenvalue weighted by Gasteiger charge is 2.48. The summed E-state index contributed by atoms with van der Waals surface area (Å²) in [5.41, 5.74) is -0.747. The van der Waals surface area contributed by atoms with Crippen LogP contribution in [0.25, 0.3) is 0 Å². The average molecular weight is 233 g/mol. The molecule has 0 aliphatic carbocycles. The van der Waals surface area contributed by atoms with Gasteiger partial charge in [-0.25, -0.2) is 8.42 Å². The predicted molar refractivity (Wildman–Crippen MR) is 54.2 cm³/mol. The fraction of sp³-hybridized carbons (Fsp3) is 0.889. The normalized spacial score (nSPS) is 40.1. The van der Waals surface area contributed by atoms with Gasteiger partial charge in [-0.2, -0.15) is 0 Å². The first-order chi connectivity index (χ1) is 6.94. The molecule has 5 nitrogen and oxygen atoms in total. The summed E-state index contributed by atoms with van der Waals surface area (Å²) in [5.74, 6) is 0.0627. The van der Waals surface area contributed by atoms with Crippen LogP contribution in [0.3, 0.4) is 0 Å². The van der Waals surface area contributed by atoms with Crippen molar-refractivity contribution in [1.29, 1.82) is 0 Å². The van der Waals surface area contributed by atoms with Crippen LogP contribution in [0.2, 0.25) is 0 Å². The van der Waals surface area contributed by atoms with E-state index in [1.54, 1.807) is 6.92 Å². The number of amides is 1. The molecule has 0 aromatic heterocycles. The van der Waals surface area contributed by atoms with Gasteiger partial charge >= 0.3 is 0 Å². The highest BCUT2D eigenvalue weighted by Crippen LogP contribution is 2.32. The van der Waals surface area contributed by atoms with Crippen molar-refractivity contribution in [1.82, 2.24) is 5.32 Å². The van der Waals surface area contributed by atoms with Gasteiger partial charge in [0.25, 0.3) is 0 Å². The molecule has 0 saturated carbocycles. The number of hydrogen-bond donors (Lipinski definition) is 1. The predicted octanol–water partition coefficient (Wildman–Crippen LogP) is -0.531. The van der Waals surface area contributed by atoms with Crippen molar-refractivity contribution >= 4 is 15.7 Å². The third-order valence-electron chi connectivity index (χ3n) is 3.18. The molecule has 2 unspecified atom stereocenters. The first kappa shape index (κ1) is 10.9. The van der Waals surface area contributed by atoms with Gasteiger partial charge in [0.1, 0.15) is 12.2 Å². The zero-order valence-electron chi connectivity index (χ0n) is 8.65. The van der Waals surface area contributed by atoms with E-state index in [1.807, 2.05) is 0 Å². The molecule has 2 aliphatic rings. The van der Waals surface area contributed by atoms with E-state index in [-0.39, 0.29) is 24.8 Å². The molecule has 0 radical (unpaired) electrons. The number of ether oxygens (including phenoxy) is 1. The fourth-order valence-corrected chi connectivity index (χ4v) is 4.58. The molecule has 86 valence electrons. The van der Waals surface area contributed by atoms with Crippen LogP contribution >= 0.6 is 0 Å². The van der Waals surface area contributed by atoms with E-state index in [1.165, 1.54) is 0 Å². The molecule has 1 N–H and O–H groups in total. The Balaban J connectivity index is 2.19. The fourth-order valence-electron chi connectivity index (χ4n) is 2.29. The maximum Gasteiger partial charge on any atom is 0.246 e. The van der Waals surface area contributed by atoms with Gasteiger partial charge in [0.15, 0.2) is 9.84 Å². The second-order valence-corrected chi connectivity index (χ2v) is 6.68. The lowest BCUT2D eigenvalue weighted by molar-refractivity contribution is -0.141. The first-order valence-electron chi connectivity index (χ1n) is 5.06. The summed E-state index contributed by atoms with van der Waals surface area (Å²) in [6.45, 7) is 2.01. The van der Waals surface area contributed by atoms with Gasteiger partial charge in [0.2, 0.25) is 5.91 Å². The Morgan fingerprint density at radius 1 is 1.53 bits per heavy atom. The number of carbonyl (C=O) groups excluding carboxylic acids is 1. The van der Waals surface area contributed by atoms with Gasteiger partial charge in [-0.15, -0.1) is 0 Å². The molecule has 1 amide bonds. The molecular weight excluding hydrogens is 218 g/mol. The lowest BCUT2D eigenvalue weighted by Crippen LogP contribution is -2.58. The van der Waals surface area contributed by atoms with Crippen molar-refractivity contribution in [2.75, 3.05) is 18.9 Å². The van der Waals surface area contributed by atoms with E-state index < -0.39 is 20.7 Å². The lowest BCUT2D eigenvalue weighted by Gasteiger charge is -2.37. The van der Waals surface area contributed by atoms with E-state index in [4.69, 9.17) is 4.74 Å². The largest absolute Gasteiger partial charge is 0.362 e. The van der Waals surface area contributed by atoms with E-state index in [0.717, 1.165) is 0 Å². The van der Waals surface area contributed by atoms with Gasteiger partial charge < -0.3 is 10.1 Å². The van der Waals surface area contributed by atoms with Crippen LogP contribution in [0, 0.1) is 0 Å². The molecule has 6 heteroatoms. The molecule has 2 saturated heterocycles. The van der Waals surface area contributed by atoms with Crippen LogP contribution in [0.5, 0.6) is 0 Å². The molecule has 2 atom stereocenters. The highest BCUT2D eigenvalue weighted by molar-refractivity contribution is 7.92. The summed E-state index contributed by atoms with van der Waals surface area (Å²) in [6, 6.07) is 0. The summed E-state index contributed by atoms with van der Waals surface area (Å²) in [7, 11) is -3.04. The first-order valence-corrected chi connectivity index (χ1v) is 6.78. The number of carbonyl (C=O) groups is 1. The standard InChI is InChI=1S/C9H15NO4S/c1-9(6-10-8(11)5-14-9)7-3-2-4-15(7,12)13/h7H,2-6H2,1H3,(H,10,11). The van der Waals surface area contributed by atoms with Crippen LogP contribution in [0.4, 0.5) is 0 Å². The zero-order chi connectivity index (χ0) is 11.1. The van der Waals surface area contributed by atoms with Crippen LogP contribution in [-0.4, -0.2) is 44.1 Å². The monoisotopic (exact) mass is 233 g/mol. The van der Waals surface area contributed by atoms with Crippen molar-refractivity contribution in [2.45, 2.75) is 30.6 Å². The van der Waals surface area contributed by atoms with Crippen LogP contribution in [0.15, 0.2) is 0 Å². The van der Waals surface area contributed by atoms with E-state index in [0.29, 0.717) is 12.8 Å². The zero-order valence-corrected chi connectivity index (χ0v) is 9.47. The third kappa shape index (κ3) is 1.88. The summed E-state index contributed by atoms with van der Waals surface area (Å²) in [5, 5.41) is 2.19. The Morgan fingerprint density at radius 2 is 2.27 bits per heavy atom. The number of rotatable bonds is 1. The van der Waals surface area contributed by atoms with Gasteiger partial charge in [-0.3, -0.25) is 4.79 Å². The smallest absolute Gasteiger partial charge is 0.246 e. The van der Waals surface area contributed by atoms with E-state index >= 15 is 0 Å². The SMILES string of the molecule is CC1(C2CCCS2(=O)=O)CNC(=O)CO1. The molecule has 0 aromatic carbocycles. The Kier molecular flexibility index (Phi) is 2.50. The summed E-state index contributed by atoms with van der Waals surface area (Å²) < 4.78 is 28.9. The Morgan fingerprint density at radius 3 is 2.73 bits per heavy atom. The maximum absolute atomic E-state index is 11.8. The topological polar surface area (TPSA) is 72.5 Å². The van der Waals surface area contributed by atoms with Crippen molar-refractivity contribution < 1.29 is 17.9 Å². The summed E-state index contributed by atoms with van der Waals surface area (Å²) >= 11 is 0. The number of morpholine rings is 1. The van der Waals surface area contributed by atoms with Crippen LogP contribution in [0.1, 0.15) is 19.8 Å². The Bertz CT molecular complexity index is 366. The maximum atomic E-state index is 11.8. The molecule has 2 rings (SSSR count). The second-order valence-electron chi connectivity index (χ2n) is 4.38. The van der Waals surface area contributed by atoms with Gasteiger partial charge in [-0.1, -0.05) is 0 Å². The molecular formula is C9H15NO4S. The van der Waals surface area contributed by atoms with Crippen molar-refractivity contribution in [2.24, 2.45) is 0 Å². The van der Waals surface area contributed by atoms with Crippen molar-refractivity contribution in [3.63, 3.8) is 0 Å². The number of sulfone groups is 1. The minimum atomic E-state index is -3.04. The van der Waals surface area contributed by atoms with Crippen molar-refractivity contribution in [3.05, 3.63) is 0 Å². The van der Waals surface area contributed by atoms with Gasteiger partial charge in [0, 0.05) is 6.54 Å².